The molecule has 1 N–H and O–H groups in total. The number of rotatable bonds is 4. The maximum absolute atomic E-state index is 6.43. The van der Waals surface area contributed by atoms with Crippen LogP contribution in [0.5, 0.6) is 5.75 Å². The first-order valence-electron chi connectivity index (χ1n) is 7.58. The Morgan fingerprint density at radius 2 is 2.00 bits per heavy atom. The summed E-state index contributed by atoms with van der Waals surface area (Å²) in [5.74, 6) is 0.887. The SMILES string of the molecule is CCNC1CC2CCC(C1)N2c1cc(OC)ccc1Cl. The van der Waals surface area contributed by atoms with Gasteiger partial charge in [0.1, 0.15) is 5.75 Å². The van der Waals surface area contributed by atoms with Crippen LogP contribution in [0, 0.1) is 0 Å². The van der Waals surface area contributed by atoms with E-state index >= 15 is 0 Å². The first kappa shape index (κ1) is 14.0. The molecule has 0 spiro atoms. The first-order chi connectivity index (χ1) is 9.72. The highest BCUT2D eigenvalue weighted by Gasteiger charge is 2.41. The fraction of sp³-hybridized carbons (Fsp3) is 0.625. The molecule has 2 fully saturated rings. The van der Waals surface area contributed by atoms with E-state index in [0.29, 0.717) is 18.1 Å². The number of nitrogens with one attached hydrogen (secondary N) is 1. The van der Waals surface area contributed by atoms with Crippen LogP contribution in [-0.2, 0) is 0 Å². The lowest BCUT2D eigenvalue weighted by Gasteiger charge is -2.41. The van der Waals surface area contributed by atoms with E-state index in [1.54, 1.807) is 7.11 Å². The van der Waals surface area contributed by atoms with E-state index in [2.05, 4.69) is 23.2 Å². The Hall–Kier alpha value is -0.930. The third-order valence-corrected chi connectivity index (χ3v) is 4.98. The smallest absolute Gasteiger partial charge is 0.121 e. The van der Waals surface area contributed by atoms with E-state index in [1.807, 2.05) is 12.1 Å². The molecule has 4 heteroatoms. The molecule has 0 aliphatic carbocycles. The van der Waals surface area contributed by atoms with Crippen LogP contribution >= 0.6 is 11.6 Å². The van der Waals surface area contributed by atoms with Gasteiger partial charge in [-0.2, -0.15) is 0 Å². The molecule has 1 aromatic rings. The summed E-state index contributed by atoms with van der Waals surface area (Å²) in [4.78, 5) is 2.54. The van der Waals surface area contributed by atoms with Gasteiger partial charge in [-0.3, -0.25) is 0 Å². The summed E-state index contributed by atoms with van der Waals surface area (Å²) in [6, 6.07) is 7.86. The zero-order valence-corrected chi connectivity index (χ0v) is 13.0. The molecule has 1 aromatic carbocycles. The molecule has 2 heterocycles. The third kappa shape index (κ3) is 2.49. The van der Waals surface area contributed by atoms with Crippen molar-refractivity contribution in [2.24, 2.45) is 0 Å². The van der Waals surface area contributed by atoms with Crippen molar-refractivity contribution in [1.82, 2.24) is 5.32 Å². The fourth-order valence-corrected chi connectivity index (χ4v) is 4.06. The number of fused-ring (bicyclic) bond motifs is 2. The molecule has 2 aliphatic heterocycles. The van der Waals surface area contributed by atoms with Gasteiger partial charge in [0.05, 0.1) is 17.8 Å². The van der Waals surface area contributed by atoms with Gasteiger partial charge in [0, 0.05) is 24.2 Å². The second kappa shape index (κ2) is 5.82. The molecule has 0 amide bonds. The lowest BCUT2D eigenvalue weighted by atomic mass is 9.96. The number of ether oxygens (including phenoxy) is 1. The van der Waals surface area contributed by atoms with Crippen molar-refractivity contribution in [3.63, 3.8) is 0 Å². The lowest BCUT2D eigenvalue weighted by Crippen LogP contribution is -2.49. The summed E-state index contributed by atoms with van der Waals surface area (Å²) in [5.41, 5.74) is 1.15. The van der Waals surface area contributed by atoms with Crippen LogP contribution < -0.4 is 15.0 Å². The van der Waals surface area contributed by atoms with Gasteiger partial charge in [0.15, 0.2) is 0 Å². The second-order valence-corrected chi connectivity index (χ2v) is 6.24. The number of hydrogen-bond donors (Lipinski definition) is 1. The van der Waals surface area contributed by atoms with Crippen molar-refractivity contribution in [3.8, 4) is 5.75 Å². The number of halogens is 1. The zero-order valence-electron chi connectivity index (χ0n) is 12.2. The van der Waals surface area contributed by atoms with Crippen molar-refractivity contribution in [2.45, 2.75) is 50.7 Å². The Morgan fingerprint density at radius 3 is 2.60 bits per heavy atom. The van der Waals surface area contributed by atoms with Crippen LogP contribution in [0.1, 0.15) is 32.6 Å². The highest BCUT2D eigenvalue weighted by Crippen LogP contribution is 2.43. The van der Waals surface area contributed by atoms with Crippen LogP contribution in [0.2, 0.25) is 5.02 Å². The Labute approximate surface area is 126 Å². The maximum atomic E-state index is 6.43. The summed E-state index contributed by atoms with van der Waals surface area (Å²) < 4.78 is 5.35. The van der Waals surface area contributed by atoms with Gasteiger partial charge in [0.2, 0.25) is 0 Å². The lowest BCUT2D eigenvalue weighted by molar-refractivity contribution is 0.361. The Bertz CT molecular complexity index is 466. The highest BCUT2D eigenvalue weighted by molar-refractivity contribution is 6.33. The van der Waals surface area contributed by atoms with Gasteiger partial charge >= 0.3 is 0 Å². The average Bonchev–Trinajstić information content (AvgIpc) is 2.71. The van der Waals surface area contributed by atoms with Crippen LogP contribution in [0.25, 0.3) is 0 Å². The monoisotopic (exact) mass is 294 g/mol. The van der Waals surface area contributed by atoms with Crippen molar-refractivity contribution in [2.75, 3.05) is 18.6 Å². The molecule has 2 saturated heterocycles. The molecule has 2 bridgehead atoms. The van der Waals surface area contributed by atoms with Gasteiger partial charge in [-0.05, 0) is 44.4 Å². The zero-order chi connectivity index (χ0) is 14.1. The molecule has 3 nitrogen and oxygen atoms in total. The standard InChI is InChI=1S/C16H23ClN2O/c1-3-18-11-8-12-4-5-13(9-11)19(12)16-10-14(20-2)6-7-15(16)17/h6-7,10-13,18H,3-5,8-9H2,1-2H3. The molecule has 110 valence electrons. The minimum Gasteiger partial charge on any atom is -0.497 e. The van der Waals surface area contributed by atoms with Crippen molar-refractivity contribution < 1.29 is 4.74 Å². The van der Waals surface area contributed by atoms with Crippen LogP contribution in [0.3, 0.4) is 0 Å². The van der Waals surface area contributed by atoms with Crippen LogP contribution in [0.4, 0.5) is 5.69 Å². The number of anilines is 1. The third-order valence-electron chi connectivity index (χ3n) is 4.66. The van der Waals surface area contributed by atoms with E-state index in [1.165, 1.54) is 25.7 Å². The minimum absolute atomic E-state index is 0.613. The van der Waals surface area contributed by atoms with Gasteiger partial charge in [-0.25, -0.2) is 0 Å². The summed E-state index contributed by atoms with van der Waals surface area (Å²) >= 11 is 6.43. The molecule has 0 radical (unpaired) electrons. The minimum atomic E-state index is 0.613. The summed E-state index contributed by atoms with van der Waals surface area (Å²) in [6.07, 6.45) is 5.00. The van der Waals surface area contributed by atoms with Gasteiger partial charge in [-0.15, -0.1) is 0 Å². The van der Waals surface area contributed by atoms with Crippen LogP contribution in [0.15, 0.2) is 18.2 Å². The predicted octanol–water partition coefficient (Wildman–Crippen LogP) is 3.46. The molecule has 0 aromatic heterocycles. The van der Waals surface area contributed by atoms with Gasteiger partial charge < -0.3 is 15.0 Å². The summed E-state index contributed by atoms with van der Waals surface area (Å²) in [6.45, 7) is 3.25. The molecule has 20 heavy (non-hydrogen) atoms. The van der Waals surface area contributed by atoms with Gasteiger partial charge in [-0.1, -0.05) is 18.5 Å². The van der Waals surface area contributed by atoms with Crippen molar-refractivity contribution in [1.29, 1.82) is 0 Å². The quantitative estimate of drug-likeness (QED) is 0.920. The van der Waals surface area contributed by atoms with Crippen LogP contribution in [-0.4, -0.2) is 31.8 Å². The largest absolute Gasteiger partial charge is 0.497 e. The Balaban J connectivity index is 1.85. The maximum Gasteiger partial charge on any atom is 0.121 e. The molecule has 3 rings (SSSR count). The van der Waals surface area contributed by atoms with Crippen molar-refractivity contribution >= 4 is 17.3 Å². The average molecular weight is 295 g/mol. The molecular weight excluding hydrogens is 272 g/mol. The molecular formula is C16H23ClN2O. The van der Waals surface area contributed by atoms with E-state index < -0.39 is 0 Å². The van der Waals surface area contributed by atoms with Gasteiger partial charge in [0.25, 0.3) is 0 Å². The number of benzene rings is 1. The topological polar surface area (TPSA) is 24.5 Å². The summed E-state index contributed by atoms with van der Waals surface area (Å²) in [7, 11) is 1.71. The Kier molecular flexibility index (Phi) is 4.08. The van der Waals surface area contributed by atoms with E-state index in [9.17, 15) is 0 Å². The first-order valence-corrected chi connectivity index (χ1v) is 7.96. The Morgan fingerprint density at radius 1 is 1.30 bits per heavy atom. The van der Waals surface area contributed by atoms with E-state index in [4.69, 9.17) is 16.3 Å². The van der Waals surface area contributed by atoms with E-state index in [0.717, 1.165) is 23.0 Å². The molecule has 2 unspecified atom stereocenters. The molecule has 2 atom stereocenters. The number of nitrogens with zero attached hydrogens (tertiary/aromatic N) is 1. The second-order valence-electron chi connectivity index (χ2n) is 5.84. The van der Waals surface area contributed by atoms with Crippen molar-refractivity contribution in [3.05, 3.63) is 23.2 Å². The van der Waals surface area contributed by atoms with E-state index in [-0.39, 0.29) is 0 Å². The fourth-order valence-electron chi connectivity index (χ4n) is 3.84. The summed E-state index contributed by atoms with van der Waals surface area (Å²) in [5, 5.41) is 4.45. The molecule has 0 saturated carbocycles. The predicted molar refractivity (Wildman–Crippen MR) is 84.0 cm³/mol. The highest BCUT2D eigenvalue weighted by atomic mass is 35.5. The molecule has 2 aliphatic rings. The normalized spacial score (nSPS) is 28.8. The number of methoxy groups -OCH3 is 1. The number of piperidine rings is 1. The number of hydrogen-bond acceptors (Lipinski definition) is 3.